The molecular formula is C14H22N2O. The number of anilines is 1. The molecule has 0 bridgehead atoms. The molecule has 0 amide bonds. The average molecular weight is 234 g/mol. The average Bonchev–Trinajstić information content (AvgIpc) is 2.33. The zero-order valence-corrected chi connectivity index (χ0v) is 10.9. The van der Waals surface area contributed by atoms with Crippen LogP contribution in [0.15, 0.2) is 24.3 Å². The van der Waals surface area contributed by atoms with Crippen LogP contribution in [0.3, 0.4) is 0 Å². The van der Waals surface area contributed by atoms with E-state index >= 15 is 0 Å². The third kappa shape index (κ3) is 2.25. The van der Waals surface area contributed by atoms with Crippen LogP contribution in [0, 0.1) is 0 Å². The maximum atomic E-state index is 6.23. The van der Waals surface area contributed by atoms with E-state index in [1.165, 1.54) is 5.69 Å². The normalized spacial score (nSPS) is 23.5. The third-order valence-electron chi connectivity index (χ3n) is 3.88. The Labute approximate surface area is 104 Å². The molecule has 0 spiro atoms. The van der Waals surface area contributed by atoms with Crippen molar-refractivity contribution in [1.29, 1.82) is 0 Å². The van der Waals surface area contributed by atoms with E-state index in [1.807, 2.05) is 12.1 Å². The number of benzene rings is 1. The van der Waals surface area contributed by atoms with Gasteiger partial charge >= 0.3 is 0 Å². The molecule has 2 rings (SSSR count). The molecular weight excluding hydrogens is 212 g/mol. The van der Waals surface area contributed by atoms with Crippen LogP contribution in [0.4, 0.5) is 5.69 Å². The van der Waals surface area contributed by atoms with Gasteiger partial charge in [0, 0.05) is 23.8 Å². The molecule has 1 aliphatic heterocycles. The van der Waals surface area contributed by atoms with Crippen LogP contribution in [0.25, 0.3) is 0 Å². The molecule has 3 nitrogen and oxygen atoms in total. The van der Waals surface area contributed by atoms with Gasteiger partial charge in [0.05, 0.1) is 7.11 Å². The molecule has 1 fully saturated rings. The predicted octanol–water partition coefficient (Wildman–Crippen LogP) is 2.40. The number of piperidine rings is 1. The highest BCUT2D eigenvalue weighted by Crippen LogP contribution is 2.32. The topological polar surface area (TPSA) is 38.5 Å². The van der Waals surface area contributed by atoms with Gasteiger partial charge in [-0.3, -0.25) is 0 Å². The Hall–Kier alpha value is -1.22. The first-order valence-electron chi connectivity index (χ1n) is 6.23. The van der Waals surface area contributed by atoms with Gasteiger partial charge < -0.3 is 15.4 Å². The summed E-state index contributed by atoms with van der Waals surface area (Å²) in [6, 6.07) is 8.47. The number of ether oxygens (including phenoxy) is 1. The Morgan fingerprint density at radius 2 is 1.94 bits per heavy atom. The van der Waals surface area contributed by atoms with Crippen LogP contribution in [-0.4, -0.2) is 25.2 Å². The first-order chi connectivity index (χ1) is 8.05. The molecule has 1 heterocycles. The number of hydrogen-bond acceptors (Lipinski definition) is 3. The first-order valence-corrected chi connectivity index (χ1v) is 6.23. The lowest BCUT2D eigenvalue weighted by molar-refractivity contribution is 0.310. The molecule has 1 aromatic rings. The molecule has 2 N–H and O–H groups in total. The minimum atomic E-state index is 0.0207. The monoisotopic (exact) mass is 234 g/mol. The van der Waals surface area contributed by atoms with Gasteiger partial charge in [0.2, 0.25) is 0 Å². The van der Waals surface area contributed by atoms with Crippen molar-refractivity contribution in [2.75, 3.05) is 18.6 Å². The number of methoxy groups -OCH3 is 1. The van der Waals surface area contributed by atoms with Gasteiger partial charge in [0.25, 0.3) is 0 Å². The largest absolute Gasteiger partial charge is 0.497 e. The molecule has 0 aromatic heterocycles. The van der Waals surface area contributed by atoms with Crippen molar-refractivity contribution in [2.45, 2.75) is 38.3 Å². The van der Waals surface area contributed by atoms with Crippen molar-refractivity contribution in [3.8, 4) is 5.75 Å². The number of rotatable bonds is 2. The van der Waals surface area contributed by atoms with Gasteiger partial charge in [0.15, 0.2) is 0 Å². The van der Waals surface area contributed by atoms with E-state index in [0.29, 0.717) is 0 Å². The van der Waals surface area contributed by atoms with Crippen LogP contribution in [0.5, 0.6) is 5.75 Å². The van der Waals surface area contributed by atoms with E-state index < -0.39 is 0 Å². The van der Waals surface area contributed by atoms with Gasteiger partial charge in [-0.25, -0.2) is 0 Å². The van der Waals surface area contributed by atoms with Crippen molar-refractivity contribution >= 4 is 5.69 Å². The van der Waals surface area contributed by atoms with E-state index in [-0.39, 0.29) is 11.6 Å². The zero-order chi connectivity index (χ0) is 12.5. The summed E-state index contributed by atoms with van der Waals surface area (Å²) in [7, 11) is 1.69. The predicted molar refractivity (Wildman–Crippen MR) is 71.6 cm³/mol. The van der Waals surface area contributed by atoms with E-state index in [4.69, 9.17) is 10.5 Å². The molecule has 1 unspecified atom stereocenters. The maximum Gasteiger partial charge on any atom is 0.119 e. The van der Waals surface area contributed by atoms with Gasteiger partial charge in [-0.1, -0.05) is 0 Å². The van der Waals surface area contributed by atoms with E-state index in [1.54, 1.807) is 7.11 Å². The molecule has 1 aromatic carbocycles. The Morgan fingerprint density at radius 1 is 1.29 bits per heavy atom. The number of nitrogens with zero attached hydrogens (tertiary/aromatic N) is 1. The van der Waals surface area contributed by atoms with Gasteiger partial charge in [-0.15, -0.1) is 0 Å². The third-order valence-corrected chi connectivity index (χ3v) is 3.88. The van der Waals surface area contributed by atoms with Crippen LogP contribution < -0.4 is 15.4 Å². The second-order valence-corrected chi connectivity index (χ2v) is 5.25. The molecule has 0 saturated carbocycles. The number of hydrogen-bond donors (Lipinski definition) is 1. The van der Waals surface area contributed by atoms with Gasteiger partial charge in [-0.05, 0) is 51.0 Å². The molecule has 1 saturated heterocycles. The van der Waals surface area contributed by atoms with Crippen LogP contribution >= 0.6 is 0 Å². The Balaban J connectivity index is 2.25. The minimum Gasteiger partial charge on any atom is -0.497 e. The van der Waals surface area contributed by atoms with E-state index in [9.17, 15) is 0 Å². The highest BCUT2D eigenvalue weighted by atomic mass is 16.5. The summed E-state index contributed by atoms with van der Waals surface area (Å²) < 4.78 is 5.19. The standard InChI is InChI=1S/C14H22N2O/c1-14(2)13(15)5-4-10-16(14)11-6-8-12(17-3)9-7-11/h6-9,13H,4-5,10,15H2,1-3H3. The lowest BCUT2D eigenvalue weighted by Gasteiger charge is -2.48. The second-order valence-electron chi connectivity index (χ2n) is 5.25. The molecule has 94 valence electrons. The fourth-order valence-corrected chi connectivity index (χ4v) is 2.53. The minimum absolute atomic E-state index is 0.0207. The Bertz CT molecular complexity index is 372. The molecule has 1 aliphatic rings. The first kappa shape index (κ1) is 12.2. The second kappa shape index (κ2) is 4.57. The summed E-state index contributed by atoms with van der Waals surface area (Å²) >= 11 is 0. The van der Waals surface area contributed by atoms with E-state index in [0.717, 1.165) is 25.1 Å². The van der Waals surface area contributed by atoms with Gasteiger partial charge in [0.1, 0.15) is 5.75 Å². The summed E-state index contributed by atoms with van der Waals surface area (Å²) in [5.74, 6) is 0.896. The molecule has 1 atom stereocenters. The lowest BCUT2D eigenvalue weighted by atomic mass is 9.85. The fraction of sp³-hybridized carbons (Fsp3) is 0.571. The van der Waals surface area contributed by atoms with Crippen molar-refractivity contribution < 1.29 is 4.74 Å². The number of nitrogens with two attached hydrogens (primary N) is 1. The lowest BCUT2D eigenvalue weighted by Crippen LogP contribution is -2.59. The quantitative estimate of drug-likeness (QED) is 0.854. The molecule has 17 heavy (non-hydrogen) atoms. The van der Waals surface area contributed by atoms with Crippen molar-refractivity contribution in [3.63, 3.8) is 0 Å². The Kier molecular flexibility index (Phi) is 3.29. The summed E-state index contributed by atoms with van der Waals surface area (Å²) in [5, 5.41) is 0. The highest BCUT2D eigenvalue weighted by molar-refractivity contribution is 5.52. The molecule has 3 heteroatoms. The smallest absolute Gasteiger partial charge is 0.119 e. The van der Waals surface area contributed by atoms with Gasteiger partial charge in [-0.2, -0.15) is 0 Å². The summed E-state index contributed by atoms with van der Waals surface area (Å²) in [6.07, 6.45) is 2.27. The van der Waals surface area contributed by atoms with Crippen LogP contribution in [0.2, 0.25) is 0 Å². The molecule has 0 aliphatic carbocycles. The fourth-order valence-electron chi connectivity index (χ4n) is 2.53. The van der Waals surface area contributed by atoms with Crippen LogP contribution in [0.1, 0.15) is 26.7 Å². The van der Waals surface area contributed by atoms with Crippen molar-refractivity contribution in [2.24, 2.45) is 5.73 Å². The van der Waals surface area contributed by atoms with Crippen LogP contribution in [-0.2, 0) is 0 Å². The SMILES string of the molecule is COc1ccc(N2CCCC(N)C2(C)C)cc1. The summed E-state index contributed by atoms with van der Waals surface area (Å²) in [4.78, 5) is 2.40. The summed E-state index contributed by atoms with van der Waals surface area (Å²) in [6.45, 7) is 5.52. The van der Waals surface area contributed by atoms with E-state index in [2.05, 4.69) is 30.9 Å². The van der Waals surface area contributed by atoms with Crippen molar-refractivity contribution in [3.05, 3.63) is 24.3 Å². The molecule has 0 radical (unpaired) electrons. The zero-order valence-electron chi connectivity index (χ0n) is 10.9. The summed E-state index contributed by atoms with van der Waals surface area (Å²) in [5.41, 5.74) is 7.48. The Morgan fingerprint density at radius 3 is 2.53 bits per heavy atom. The highest BCUT2D eigenvalue weighted by Gasteiger charge is 2.36. The van der Waals surface area contributed by atoms with Crippen molar-refractivity contribution in [1.82, 2.24) is 0 Å². The maximum absolute atomic E-state index is 6.23.